The number of hydrogen-bond donors (Lipinski definition) is 0. The monoisotopic (exact) mass is 440 g/mol. The molecule has 0 aromatic heterocycles. The molecule has 0 atom stereocenters. The fraction of sp³-hybridized carbons (Fsp3) is 1.00. The molecule has 0 bridgehead atoms. The molecule has 0 saturated heterocycles. The molecule has 0 spiro atoms. The summed E-state index contributed by atoms with van der Waals surface area (Å²) in [5.74, 6) is 0. The van der Waals surface area contributed by atoms with Crippen molar-refractivity contribution in [2.75, 3.05) is 0 Å². The van der Waals surface area contributed by atoms with Gasteiger partial charge in [-0.3, -0.25) is 0 Å². The van der Waals surface area contributed by atoms with Crippen molar-refractivity contribution in [3.8, 4) is 0 Å². The molecule has 19 heavy (non-hydrogen) atoms. The molecule has 0 rings (SSSR count). The van der Waals surface area contributed by atoms with Crippen LogP contribution >= 0.6 is 12.7 Å². The Kier molecular flexibility index (Phi) is 15.2. The van der Waals surface area contributed by atoms with Gasteiger partial charge >= 0.3 is 134 Å². The molecule has 0 unspecified atom stereocenters. The van der Waals surface area contributed by atoms with Crippen LogP contribution in [0.5, 0.6) is 0 Å². The van der Waals surface area contributed by atoms with Gasteiger partial charge in [0, 0.05) is 0 Å². The minimum atomic E-state index is -1.76. The Bertz CT molecular complexity index is 162. The predicted octanol–water partition coefficient (Wildman–Crippen LogP) is 7.68. The molecule has 0 heterocycles. The number of unbranched alkanes of at least 4 members (excludes halogenated alkanes) is 10. The van der Waals surface area contributed by atoms with E-state index in [9.17, 15) is 0 Å². The first-order chi connectivity index (χ1) is 9.12. The second-order valence-electron chi connectivity index (χ2n) is 6.45. The molecule has 0 radical (unpaired) electrons. The van der Waals surface area contributed by atoms with Gasteiger partial charge in [0.15, 0.2) is 0 Å². The van der Waals surface area contributed by atoms with Crippen LogP contribution in [0.4, 0.5) is 0 Å². The summed E-state index contributed by atoms with van der Waals surface area (Å²) < 4.78 is 3.13. The van der Waals surface area contributed by atoms with Crippen LogP contribution in [-0.2, 0) is 0 Å². The van der Waals surface area contributed by atoms with Gasteiger partial charge in [0.2, 0.25) is 0 Å². The van der Waals surface area contributed by atoms with Gasteiger partial charge in [0.25, 0.3) is 0 Å². The first-order valence-corrected chi connectivity index (χ1v) is 22.1. The third kappa shape index (κ3) is 15.5. The van der Waals surface area contributed by atoms with E-state index in [1.165, 1.54) is 77.0 Å². The summed E-state index contributed by atoms with van der Waals surface area (Å²) in [6.07, 6.45) is 17.4. The van der Waals surface area contributed by atoms with E-state index in [0.29, 0.717) is 0 Å². The zero-order valence-corrected chi connectivity index (χ0v) is 18.2. The third-order valence-corrected chi connectivity index (χ3v) is 17.4. The van der Waals surface area contributed by atoms with Crippen LogP contribution in [0.15, 0.2) is 0 Å². The van der Waals surface area contributed by atoms with Crippen LogP contribution in [0, 0.1) is 0 Å². The average molecular weight is 440 g/mol. The van der Waals surface area contributed by atoms with Crippen molar-refractivity contribution in [2.45, 2.75) is 105 Å². The van der Waals surface area contributed by atoms with E-state index in [1.807, 2.05) is 0 Å². The van der Waals surface area contributed by atoms with Gasteiger partial charge in [-0.2, -0.15) is 0 Å². The fourth-order valence-electron chi connectivity index (χ4n) is 2.67. The molecule has 2 heteroatoms. The van der Waals surface area contributed by atoms with Crippen molar-refractivity contribution in [1.29, 1.82) is 0 Å². The second-order valence-corrected chi connectivity index (χ2v) is 30.2. The van der Waals surface area contributed by atoms with E-state index in [2.05, 4.69) is 31.5 Å². The van der Waals surface area contributed by atoms with Crippen LogP contribution in [0.25, 0.3) is 0 Å². The van der Waals surface area contributed by atoms with Gasteiger partial charge in [0.1, 0.15) is 0 Å². The topological polar surface area (TPSA) is 0 Å². The van der Waals surface area contributed by atoms with Crippen LogP contribution < -0.4 is 0 Å². The Balaban J connectivity index is 3.36. The van der Waals surface area contributed by atoms with Gasteiger partial charge in [-0.15, -0.1) is 0 Å². The quantitative estimate of drug-likeness (QED) is 0.192. The van der Waals surface area contributed by atoms with Gasteiger partial charge in [-0.25, -0.2) is 0 Å². The van der Waals surface area contributed by atoms with E-state index < -0.39 is 16.2 Å². The molecule has 0 saturated carbocycles. The standard InChI is InChI=1S/2C8H17.CH3.BrH.Sn/c2*1-3-5-7-8-6-4-2;;;/h2*1,3-8H2,2H3;1H3;1H;/q;;;;+1/p-1. The van der Waals surface area contributed by atoms with Crippen molar-refractivity contribution in [3.05, 3.63) is 0 Å². The van der Waals surface area contributed by atoms with Gasteiger partial charge in [0.05, 0.1) is 0 Å². The normalized spacial score (nSPS) is 12.0. The molecule has 0 aromatic rings. The molecular weight excluding hydrogens is 403 g/mol. The number of halogens is 1. The summed E-state index contributed by atoms with van der Waals surface area (Å²) in [7, 11) is 0. The summed E-state index contributed by atoms with van der Waals surface area (Å²) in [5, 5.41) is 0. The Morgan fingerprint density at radius 3 is 1.26 bits per heavy atom. The summed E-state index contributed by atoms with van der Waals surface area (Å²) in [6, 6.07) is 0. The Hall–Kier alpha value is 1.28. The van der Waals surface area contributed by atoms with Gasteiger partial charge < -0.3 is 0 Å². The van der Waals surface area contributed by atoms with Crippen LogP contribution in [0.3, 0.4) is 0 Å². The maximum atomic E-state index is 4.16. The molecule has 0 aliphatic heterocycles. The van der Waals surface area contributed by atoms with Crippen molar-refractivity contribution >= 4 is 28.9 Å². The Labute approximate surface area is 133 Å². The Morgan fingerprint density at radius 1 is 0.579 bits per heavy atom. The zero-order valence-electron chi connectivity index (χ0n) is 13.8. The molecular formula is C17H37BrSn. The summed E-state index contributed by atoms with van der Waals surface area (Å²) in [6.45, 7) is 4.60. The molecule has 0 nitrogen and oxygen atoms in total. The summed E-state index contributed by atoms with van der Waals surface area (Å²) >= 11 is 2.40. The molecule has 0 N–H and O–H groups in total. The van der Waals surface area contributed by atoms with E-state index >= 15 is 0 Å². The number of hydrogen-bond acceptors (Lipinski definition) is 0. The van der Waals surface area contributed by atoms with Crippen molar-refractivity contribution in [1.82, 2.24) is 0 Å². The molecule has 0 aliphatic rings. The van der Waals surface area contributed by atoms with E-state index in [4.69, 9.17) is 0 Å². The van der Waals surface area contributed by atoms with E-state index in [0.717, 1.165) is 0 Å². The SMILES string of the molecule is CCCCCCC[CH2][Sn]([CH3])([Br])[CH2]CCCCCCC. The first-order valence-electron chi connectivity index (χ1n) is 8.81. The summed E-state index contributed by atoms with van der Waals surface area (Å²) in [5.41, 5.74) is 0. The van der Waals surface area contributed by atoms with Gasteiger partial charge in [-0.1, -0.05) is 0 Å². The zero-order chi connectivity index (χ0) is 14.4. The average Bonchev–Trinajstić information content (AvgIpc) is 2.38. The maximum absolute atomic E-state index is 4.16. The Morgan fingerprint density at radius 2 is 0.895 bits per heavy atom. The minimum absolute atomic E-state index is 1.37. The second kappa shape index (κ2) is 14.2. The third-order valence-electron chi connectivity index (χ3n) is 4.10. The first kappa shape index (κ1) is 20.3. The molecule has 0 aromatic carbocycles. The molecule has 116 valence electrons. The van der Waals surface area contributed by atoms with Crippen molar-refractivity contribution in [3.63, 3.8) is 0 Å². The molecule has 0 fully saturated rings. The summed E-state index contributed by atoms with van der Waals surface area (Å²) in [4.78, 5) is 2.60. The fourth-order valence-corrected chi connectivity index (χ4v) is 12.8. The van der Waals surface area contributed by atoms with Crippen LogP contribution in [-0.4, -0.2) is 16.2 Å². The predicted molar refractivity (Wildman–Crippen MR) is 96.9 cm³/mol. The van der Waals surface area contributed by atoms with Crippen molar-refractivity contribution < 1.29 is 0 Å². The van der Waals surface area contributed by atoms with Crippen LogP contribution in [0.1, 0.15) is 90.9 Å². The van der Waals surface area contributed by atoms with E-state index in [-0.39, 0.29) is 0 Å². The van der Waals surface area contributed by atoms with E-state index in [1.54, 1.807) is 8.87 Å². The van der Waals surface area contributed by atoms with Gasteiger partial charge in [-0.05, 0) is 0 Å². The van der Waals surface area contributed by atoms with Crippen LogP contribution in [0.2, 0.25) is 13.8 Å². The molecule has 0 aliphatic carbocycles. The van der Waals surface area contributed by atoms with Crippen molar-refractivity contribution in [2.24, 2.45) is 0 Å². The number of rotatable bonds is 14. The molecule has 0 amide bonds.